The van der Waals surface area contributed by atoms with Gasteiger partial charge in [-0.05, 0) is 50.8 Å². The summed E-state index contributed by atoms with van der Waals surface area (Å²) in [7, 11) is 3.93. The predicted octanol–water partition coefficient (Wildman–Crippen LogP) is 3.44. The third-order valence-corrected chi connectivity index (χ3v) is 4.39. The first-order valence-electron chi connectivity index (χ1n) is 7.85. The molecule has 0 spiro atoms. The Kier molecular flexibility index (Phi) is 5.72. The molecule has 0 unspecified atom stereocenters. The molecule has 1 saturated carbocycles. The average Bonchev–Trinajstić information content (AvgIpc) is 2.52. The van der Waals surface area contributed by atoms with Crippen LogP contribution >= 0.6 is 0 Å². The van der Waals surface area contributed by atoms with Crippen molar-refractivity contribution in [3.05, 3.63) is 24.3 Å². The first-order chi connectivity index (χ1) is 9.74. The zero-order valence-electron chi connectivity index (χ0n) is 13.1. The van der Waals surface area contributed by atoms with Gasteiger partial charge in [0, 0.05) is 30.9 Å². The third-order valence-electron chi connectivity index (χ3n) is 4.39. The van der Waals surface area contributed by atoms with E-state index in [-0.39, 0.29) is 0 Å². The van der Waals surface area contributed by atoms with Crippen molar-refractivity contribution in [2.45, 2.75) is 51.1 Å². The number of rotatable bonds is 6. The highest BCUT2D eigenvalue weighted by Crippen LogP contribution is 2.28. The lowest BCUT2D eigenvalue weighted by Crippen LogP contribution is -2.41. The van der Waals surface area contributed by atoms with Crippen LogP contribution in [0.3, 0.4) is 0 Å². The minimum Gasteiger partial charge on any atom is -0.497 e. The Morgan fingerprint density at radius 1 is 1.25 bits per heavy atom. The Labute approximate surface area is 123 Å². The average molecular weight is 276 g/mol. The van der Waals surface area contributed by atoms with Gasteiger partial charge in [0.05, 0.1) is 7.11 Å². The van der Waals surface area contributed by atoms with Crippen LogP contribution in [0.15, 0.2) is 24.3 Å². The third kappa shape index (κ3) is 3.89. The molecule has 1 N–H and O–H groups in total. The van der Waals surface area contributed by atoms with E-state index in [9.17, 15) is 0 Å². The van der Waals surface area contributed by atoms with Crippen LogP contribution in [-0.2, 0) is 0 Å². The molecule has 0 saturated heterocycles. The van der Waals surface area contributed by atoms with Gasteiger partial charge < -0.3 is 15.0 Å². The van der Waals surface area contributed by atoms with Gasteiger partial charge in [-0.3, -0.25) is 0 Å². The minimum absolute atomic E-state index is 0.654. The normalized spacial score (nSPS) is 22.6. The molecule has 0 aliphatic heterocycles. The van der Waals surface area contributed by atoms with Crippen molar-refractivity contribution >= 4 is 5.69 Å². The number of ether oxygens (including phenoxy) is 1. The summed E-state index contributed by atoms with van der Waals surface area (Å²) in [6.45, 7) is 3.39. The molecule has 1 fully saturated rings. The monoisotopic (exact) mass is 276 g/mol. The molecule has 1 aromatic rings. The van der Waals surface area contributed by atoms with Gasteiger partial charge in [-0.2, -0.15) is 0 Å². The summed E-state index contributed by atoms with van der Waals surface area (Å²) >= 11 is 0. The Hall–Kier alpha value is -1.22. The highest BCUT2D eigenvalue weighted by molar-refractivity contribution is 5.51. The van der Waals surface area contributed by atoms with Crippen molar-refractivity contribution in [3.8, 4) is 5.75 Å². The number of hydrogen-bond donors (Lipinski definition) is 1. The van der Waals surface area contributed by atoms with Crippen LogP contribution in [0, 0.1) is 0 Å². The maximum Gasteiger partial charge on any atom is 0.120 e. The number of anilines is 1. The zero-order valence-corrected chi connectivity index (χ0v) is 13.1. The Bertz CT molecular complexity index is 400. The Balaban J connectivity index is 1.89. The molecule has 20 heavy (non-hydrogen) atoms. The minimum atomic E-state index is 0.654. The second-order valence-corrected chi connectivity index (χ2v) is 5.77. The van der Waals surface area contributed by atoms with E-state index in [2.05, 4.69) is 42.4 Å². The van der Waals surface area contributed by atoms with Gasteiger partial charge >= 0.3 is 0 Å². The second kappa shape index (κ2) is 7.53. The summed E-state index contributed by atoms with van der Waals surface area (Å²) in [6.07, 6.45) is 6.35. The summed E-state index contributed by atoms with van der Waals surface area (Å²) in [5.74, 6) is 0.938. The Morgan fingerprint density at radius 3 is 2.65 bits per heavy atom. The molecule has 0 radical (unpaired) electrons. The van der Waals surface area contributed by atoms with Crippen LogP contribution in [0.25, 0.3) is 0 Å². The molecule has 3 nitrogen and oxygen atoms in total. The van der Waals surface area contributed by atoms with E-state index in [4.69, 9.17) is 4.74 Å². The molecule has 1 aromatic carbocycles. The number of methoxy groups -OCH3 is 1. The van der Waals surface area contributed by atoms with E-state index >= 15 is 0 Å². The van der Waals surface area contributed by atoms with E-state index in [1.165, 1.54) is 37.8 Å². The molecule has 112 valence electrons. The van der Waals surface area contributed by atoms with Crippen LogP contribution < -0.4 is 15.0 Å². The summed E-state index contributed by atoms with van der Waals surface area (Å²) in [6, 6.07) is 9.75. The zero-order chi connectivity index (χ0) is 14.4. The molecular weight excluding hydrogens is 248 g/mol. The van der Waals surface area contributed by atoms with E-state index in [1.807, 2.05) is 6.07 Å². The highest BCUT2D eigenvalue weighted by atomic mass is 16.5. The molecule has 1 aliphatic rings. The van der Waals surface area contributed by atoms with Crippen molar-refractivity contribution in [1.29, 1.82) is 0 Å². The molecule has 0 bridgehead atoms. The van der Waals surface area contributed by atoms with E-state index in [0.29, 0.717) is 6.04 Å². The first-order valence-corrected chi connectivity index (χ1v) is 7.85. The van der Waals surface area contributed by atoms with Gasteiger partial charge in [0.25, 0.3) is 0 Å². The number of nitrogens with one attached hydrogen (secondary N) is 1. The van der Waals surface area contributed by atoms with Crippen LogP contribution in [0.2, 0.25) is 0 Å². The van der Waals surface area contributed by atoms with Crippen LogP contribution in [0.5, 0.6) is 5.75 Å². The second-order valence-electron chi connectivity index (χ2n) is 5.77. The smallest absolute Gasteiger partial charge is 0.120 e. The molecule has 1 aliphatic carbocycles. The standard InChI is InChI=1S/C17H28N2O/c1-4-12-18-14-8-10-15(11-9-14)19(2)16-6-5-7-17(13-16)20-3/h5-7,13-15,18H,4,8-12H2,1-3H3. The van der Waals surface area contributed by atoms with Gasteiger partial charge in [0.2, 0.25) is 0 Å². The fourth-order valence-corrected chi connectivity index (χ4v) is 3.06. The number of benzene rings is 1. The largest absolute Gasteiger partial charge is 0.497 e. The highest BCUT2D eigenvalue weighted by Gasteiger charge is 2.23. The predicted molar refractivity (Wildman–Crippen MR) is 85.7 cm³/mol. The number of hydrogen-bond acceptors (Lipinski definition) is 3. The van der Waals surface area contributed by atoms with E-state index in [0.717, 1.165) is 18.3 Å². The van der Waals surface area contributed by atoms with Gasteiger partial charge in [-0.25, -0.2) is 0 Å². The van der Waals surface area contributed by atoms with E-state index < -0.39 is 0 Å². The first kappa shape index (κ1) is 15.2. The van der Waals surface area contributed by atoms with Crippen molar-refractivity contribution < 1.29 is 4.74 Å². The maximum atomic E-state index is 5.32. The molecular formula is C17H28N2O. The summed E-state index contributed by atoms with van der Waals surface area (Å²) in [4.78, 5) is 2.42. The van der Waals surface area contributed by atoms with Gasteiger partial charge in [-0.1, -0.05) is 13.0 Å². The fraction of sp³-hybridized carbons (Fsp3) is 0.647. The summed E-state index contributed by atoms with van der Waals surface area (Å²) in [5.41, 5.74) is 1.26. The van der Waals surface area contributed by atoms with Gasteiger partial charge in [0.15, 0.2) is 0 Å². The summed E-state index contributed by atoms with van der Waals surface area (Å²) < 4.78 is 5.32. The van der Waals surface area contributed by atoms with Crippen molar-refractivity contribution in [2.75, 3.05) is 25.6 Å². The maximum absolute atomic E-state index is 5.32. The van der Waals surface area contributed by atoms with Crippen molar-refractivity contribution in [2.24, 2.45) is 0 Å². The molecule has 0 aromatic heterocycles. The molecule has 0 heterocycles. The topological polar surface area (TPSA) is 24.5 Å². The lowest BCUT2D eigenvalue weighted by atomic mass is 9.90. The van der Waals surface area contributed by atoms with Crippen molar-refractivity contribution in [3.63, 3.8) is 0 Å². The lowest BCUT2D eigenvalue weighted by Gasteiger charge is -2.36. The number of nitrogens with zero attached hydrogens (tertiary/aromatic N) is 1. The SMILES string of the molecule is CCCNC1CCC(N(C)c2cccc(OC)c2)CC1. The van der Waals surface area contributed by atoms with Crippen LogP contribution in [0.4, 0.5) is 5.69 Å². The molecule has 0 atom stereocenters. The Morgan fingerprint density at radius 2 is 2.00 bits per heavy atom. The summed E-state index contributed by atoms with van der Waals surface area (Å²) in [5, 5.41) is 3.65. The molecule has 2 rings (SSSR count). The lowest BCUT2D eigenvalue weighted by molar-refractivity contribution is 0.337. The van der Waals surface area contributed by atoms with E-state index in [1.54, 1.807) is 7.11 Å². The quantitative estimate of drug-likeness (QED) is 0.861. The fourth-order valence-electron chi connectivity index (χ4n) is 3.06. The van der Waals surface area contributed by atoms with Gasteiger partial charge in [-0.15, -0.1) is 0 Å². The van der Waals surface area contributed by atoms with Crippen LogP contribution in [-0.4, -0.2) is 32.8 Å². The van der Waals surface area contributed by atoms with Crippen molar-refractivity contribution in [1.82, 2.24) is 5.32 Å². The van der Waals surface area contributed by atoms with Gasteiger partial charge in [0.1, 0.15) is 5.75 Å². The molecule has 0 amide bonds. The van der Waals surface area contributed by atoms with Crippen LogP contribution in [0.1, 0.15) is 39.0 Å². The molecule has 3 heteroatoms.